The second kappa shape index (κ2) is 7.01. The zero-order valence-corrected chi connectivity index (χ0v) is 12.2. The number of thiophene rings is 1. The highest BCUT2D eigenvalue weighted by Gasteiger charge is 2.13. The molecule has 20 heavy (non-hydrogen) atoms. The van der Waals surface area contributed by atoms with Gasteiger partial charge in [-0.3, -0.25) is 9.59 Å². The number of Topliss-reactive ketones (excluding diaryl/α,β-unsaturated/α-hetero) is 1. The summed E-state index contributed by atoms with van der Waals surface area (Å²) >= 11 is 1.56. The fraction of sp³-hybridized carbons (Fsp3) is 0.250. The monoisotopic (exact) mass is 287 g/mol. The number of nitrogens with one attached hydrogen (secondary N) is 1. The summed E-state index contributed by atoms with van der Waals surface area (Å²) in [6.45, 7) is 1.85. The number of ketones is 1. The minimum atomic E-state index is -0.157. The van der Waals surface area contributed by atoms with E-state index >= 15 is 0 Å². The fourth-order valence-electron chi connectivity index (χ4n) is 1.97. The van der Waals surface area contributed by atoms with Gasteiger partial charge in [0, 0.05) is 22.9 Å². The molecule has 0 fully saturated rings. The number of hydrogen-bond acceptors (Lipinski definition) is 3. The van der Waals surface area contributed by atoms with Gasteiger partial charge in [-0.2, -0.15) is 0 Å². The predicted molar refractivity (Wildman–Crippen MR) is 81.0 cm³/mol. The van der Waals surface area contributed by atoms with Crippen molar-refractivity contribution in [3.05, 3.63) is 58.3 Å². The van der Waals surface area contributed by atoms with Gasteiger partial charge >= 0.3 is 0 Å². The van der Waals surface area contributed by atoms with Gasteiger partial charge in [0.05, 0.1) is 6.42 Å². The van der Waals surface area contributed by atoms with Gasteiger partial charge in [-0.15, -0.1) is 11.3 Å². The Morgan fingerprint density at radius 2 is 1.90 bits per heavy atom. The molecule has 4 heteroatoms. The van der Waals surface area contributed by atoms with Crippen LogP contribution in [0.5, 0.6) is 0 Å². The molecular weight excluding hydrogens is 270 g/mol. The van der Waals surface area contributed by atoms with E-state index in [-0.39, 0.29) is 17.7 Å². The van der Waals surface area contributed by atoms with Crippen LogP contribution >= 0.6 is 11.3 Å². The largest absolute Gasteiger partial charge is 0.353 e. The van der Waals surface area contributed by atoms with Gasteiger partial charge in [0.2, 0.25) is 5.91 Å². The maximum Gasteiger partial charge on any atom is 0.225 e. The normalized spacial score (nSPS) is 11.8. The smallest absolute Gasteiger partial charge is 0.225 e. The first-order valence-corrected chi connectivity index (χ1v) is 7.43. The van der Waals surface area contributed by atoms with Crippen molar-refractivity contribution in [3.8, 4) is 0 Å². The number of rotatable bonds is 6. The summed E-state index contributed by atoms with van der Waals surface area (Å²) < 4.78 is 0. The average molecular weight is 287 g/mol. The van der Waals surface area contributed by atoms with Crippen LogP contribution in [0.3, 0.4) is 0 Å². The fourth-order valence-corrected chi connectivity index (χ4v) is 2.67. The van der Waals surface area contributed by atoms with Crippen LogP contribution in [0.2, 0.25) is 0 Å². The van der Waals surface area contributed by atoms with E-state index in [0.717, 1.165) is 4.88 Å². The van der Waals surface area contributed by atoms with Crippen molar-refractivity contribution in [2.24, 2.45) is 0 Å². The van der Waals surface area contributed by atoms with Crippen molar-refractivity contribution >= 4 is 23.0 Å². The molecule has 0 bridgehead atoms. The lowest BCUT2D eigenvalue weighted by atomic mass is 10.0. The van der Waals surface area contributed by atoms with E-state index < -0.39 is 0 Å². The average Bonchev–Trinajstić information content (AvgIpc) is 2.92. The van der Waals surface area contributed by atoms with E-state index in [0.29, 0.717) is 18.4 Å². The zero-order valence-electron chi connectivity index (χ0n) is 11.3. The van der Waals surface area contributed by atoms with Crippen LogP contribution in [-0.4, -0.2) is 17.7 Å². The second-order valence-corrected chi connectivity index (χ2v) is 5.75. The van der Waals surface area contributed by atoms with Crippen molar-refractivity contribution in [2.45, 2.75) is 25.8 Å². The lowest BCUT2D eigenvalue weighted by molar-refractivity contribution is -0.120. The Morgan fingerprint density at radius 1 is 1.15 bits per heavy atom. The predicted octanol–water partition coefficient (Wildman–Crippen LogP) is 3.07. The first-order valence-electron chi connectivity index (χ1n) is 6.55. The van der Waals surface area contributed by atoms with Crippen LogP contribution in [0.1, 0.15) is 28.6 Å². The number of hydrogen-bond donors (Lipinski definition) is 1. The van der Waals surface area contributed by atoms with E-state index in [1.54, 1.807) is 23.5 Å². The lowest BCUT2D eigenvalue weighted by Crippen LogP contribution is -2.35. The molecule has 0 aliphatic rings. The molecule has 1 aromatic heterocycles. The summed E-state index contributed by atoms with van der Waals surface area (Å²) in [4.78, 5) is 24.9. The van der Waals surface area contributed by atoms with E-state index in [1.165, 1.54) is 0 Å². The molecule has 3 nitrogen and oxygen atoms in total. The Balaban J connectivity index is 1.81. The number of benzene rings is 1. The Bertz CT molecular complexity index is 563. The van der Waals surface area contributed by atoms with Gasteiger partial charge in [-0.25, -0.2) is 0 Å². The molecule has 0 saturated carbocycles. The molecule has 0 radical (unpaired) electrons. The molecule has 2 aromatic rings. The summed E-state index contributed by atoms with van der Waals surface area (Å²) in [6.07, 6.45) is 0.696. The molecule has 1 atom stereocenters. The minimum Gasteiger partial charge on any atom is -0.353 e. The van der Waals surface area contributed by atoms with Gasteiger partial charge in [0.1, 0.15) is 0 Å². The molecule has 0 spiro atoms. The standard InChI is InChI=1S/C16H17NO2S/c1-12(10-15(18)13-6-3-2-4-7-13)17-16(19)11-14-8-5-9-20-14/h2-9,12H,10-11H2,1H3,(H,17,19). The van der Waals surface area contributed by atoms with Crippen LogP contribution < -0.4 is 5.32 Å². The Kier molecular flexibility index (Phi) is 5.07. The third-order valence-electron chi connectivity index (χ3n) is 2.91. The molecule has 0 aliphatic heterocycles. The van der Waals surface area contributed by atoms with E-state index in [9.17, 15) is 9.59 Å². The van der Waals surface area contributed by atoms with Crippen LogP contribution in [0, 0.1) is 0 Å². The molecule has 1 aromatic carbocycles. The molecule has 2 rings (SSSR count). The van der Waals surface area contributed by atoms with E-state index in [4.69, 9.17) is 0 Å². The quantitative estimate of drug-likeness (QED) is 0.830. The highest BCUT2D eigenvalue weighted by atomic mass is 32.1. The SMILES string of the molecule is CC(CC(=O)c1ccccc1)NC(=O)Cc1cccs1. The van der Waals surface area contributed by atoms with Crippen LogP contribution in [0.25, 0.3) is 0 Å². The second-order valence-electron chi connectivity index (χ2n) is 4.72. The molecule has 1 unspecified atom stereocenters. The number of amides is 1. The van der Waals surface area contributed by atoms with Crippen molar-refractivity contribution in [1.29, 1.82) is 0 Å². The molecule has 1 amide bonds. The van der Waals surface area contributed by atoms with Gasteiger partial charge < -0.3 is 5.32 Å². The van der Waals surface area contributed by atoms with Crippen molar-refractivity contribution < 1.29 is 9.59 Å². The van der Waals surface area contributed by atoms with Crippen LogP contribution in [-0.2, 0) is 11.2 Å². The molecule has 1 N–H and O–H groups in total. The maximum absolute atomic E-state index is 12.0. The molecule has 0 aliphatic carbocycles. The first-order chi connectivity index (χ1) is 9.65. The van der Waals surface area contributed by atoms with Crippen LogP contribution in [0.4, 0.5) is 0 Å². The molecule has 1 heterocycles. The highest BCUT2D eigenvalue weighted by molar-refractivity contribution is 7.10. The van der Waals surface area contributed by atoms with Gasteiger partial charge in [-0.1, -0.05) is 36.4 Å². The molecule has 0 saturated heterocycles. The lowest BCUT2D eigenvalue weighted by Gasteiger charge is -2.12. The van der Waals surface area contributed by atoms with Gasteiger partial charge in [0.15, 0.2) is 5.78 Å². The summed E-state index contributed by atoms with van der Waals surface area (Å²) in [5.74, 6) is 0.00957. The summed E-state index contributed by atoms with van der Waals surface area (Å²) in [5.41, 5.74) is 0.687. The van der Waals surface area contributed by atoms with E-state index in [1.807, 2.05) is 42.6 Å². The first kappa shape index (κ1) is 14.5. The summed E-state index contributed by atoms with van der Waals surface area (Å²) in [7, 11) is 0. The topological polar surface area (TPSA) is 46.2 Å². The van der Waals surface area contributed by atoms with E-state index in [2.05, 4.69) is 5.32 Å². The van der Waals surface area contributed by atoms with Crippen molar-refractivity contribution in [1.82, 2.24) is 5.32 Å². The maximum atomic E-state index is 12.0. The summed E-state index contributed by atoms with van der Waals surface area (Å²) in [5, 5.41) is 4.82. The molecular formula is C16H17NO2S. The third kappa shape index (κ3) is 4.31. The minimum absolute atomic E-state index is 0.0409. The van der Waals surface area contributed by atoms with Gasteiger partial charge in [-0.05, 0) is 18.4 Å². The third-order valence-corrected chi connectivity index (χ3v) is 3.79. The Labute approximate surface area is 122 Å². The Morgan fingerprint density at radius 3 is 2.55 bits per heavy atom. The number of carbonyl (C=O) groups excluding carboxylic acids is 2. The van der Waals surface area contributed by atoms with Crippen molar-refractivity contribution in [2.75, 3.05) is 0 Å². The number of carbonyl (C=O) groups is 2. The Hall–Kier alpha value is -1.94. The molecule has 104 valence electrons. The summed E-state index contributed by atoms with van der Waals surface area (Å²) in [6, 6.07) is 12.9. The highest BCUT2D eigenvalue weighted by Crippen LogP contribution is 2.10. The zero-order chi connectivity index (χ0) is 14.4. The van der Waals surface area contributed by atoms with Gasteiger partial charge in [0.25, 0.3) is 0 Å². The van der Waals surface area contributed by atoms with Crippen molar-refractivity contribution in [3.63, 3.8) is 0 Å². The van der Waals surface area contributed by atoms with Crippen LogP contribution in [0.15, 0.2) is 47.8 Å².